The predicted molar refractivity (Wildman–Crippen MR) is 84.6 cm³/mol. The smallest absolute Gasteiger partial charge is 0.313 e. The van der Waals surface area contributed by atoms with Gasteiger partial charge in [-0.05, 0) is 40.0 Å². The Hall–Kier alpha value is -1.68. The van der Waals surface area contributed by atoms with E-state index >= 15 is 0 Å². The molecule has 0 aromatic heterocycles. The number of carbonyl (C=O) groups excluding carboxylic acids is 1. The lowest BCUT2D eigenvalue weighted by atomic mass is 9.93. The zero-order valence-corrected chi connectivity index (χ0v) is 13.5. The van der Waals surface area contributed by atoms with Gasteiger partial charge in [0.15, 0.2) is 0 Å². The number of piperidine rings is 1. The van der Waals surface area contributed by atoms with E-state index in [-0.39, 0.29) is 5.97 Å². The van der Waals surface area contributed by atoms with Crippen LogP contribution in [0.3, 0.4) is 0 Å². The molecule has 1 heterocycles. The van der Waals surface area contributed by atoms with Gasteiger partial charge < -0.3 is 9.74 Å². The van der Waals surface area contributed by atoms with Crippen molar-refractivity contribution in [1.29, 1.82) is 0 Å². The predicted octanol–water partition coefficient (Wildman–Crippen LogP) is 3.18. The standard InChI is InChI=1S/C17H24N2O2/c1-11-6-12(2)8-15(7-11)17(20)21-18-16-9-14(4)19(5)10-13(16)3/h6-8,13-14H,9-10H2,1-5H3/b18-16-. The summed E-state index contributed by atoms with van der Waals surface area (Å²) in [5.74, 6) is -0.0636. The molecule has 4 nitrogen and oxygen atoms in total. The second-order valence-electron chi connectivity index (χ2n) is 6.23. The number of likely N-dealkylation sites (tertiary alicyclic amines) is 1. The fourth-order valence-corrected chi connectivity index (χ4v) is 2.75. The number of hydrogen-bond donors (Lipinski definition) is 0. The second kappa shape index (κ2) is 6.39. The Morgan fingerprint density at radius 3 is 2.48 bits per heavy atom. The van der Waals surface area contributed by atoms with E-state index < -0.39 is 0 Å². The van der Waals surface area contributed by atoms with Crippen LogP contribution in [0.1, 0.15) is 41.8 Å². The number of benzene rings is 1. The van der Waals surface area contributed by atoms with Gasteiger partial charge in [-0.2, -0.15) is 0 Å². The molecule has 2 rings (SSSR count). The van der Waals surface area contributed by atoms with E-state index in [9.17, 15) is 4.79 Å². The SMILES string of the molecule is Cc1cc(C)cc(C(=O)O/N=C2/CC(C)N(C)CC2C)c1. The average molecular weight is 288 g/mol. The summed E-state index contributed by atoms with van der Waals surface area (Å²) in [7, 11) is 2.11. The van der Waals surface area contributed by atoms with Crippen LogP contribution in [0.5, 0.6) is 0 Å². The Morgan fingerprint density at radius 1 is 1.24 bits per heavy atom. The lowest BCUT2D eigenvalue weighted by Crippen LogP contribution is -2.43. The zero-order valence-electron chi connectivity index (χ0n) is 13.5. The highest BCUT2D eigenvalue weighted by molar-refractivity contribution is 5.92. The van der Waals surface area contributed by atoms with Gasteiger partial charge >= 0.3 is 5.97 Å². The van der Waals surface area contributed by atoms with Gasteiger partial charge in [0, 0.05) is 24.9 Å². The first kappa shape index (κ1) is 15.7. The molecule has 4 heteroatoms. The molecule has 2 atom stereocenters. The molecule has 1 saturated heterocycles. The average Bonchev–Trinajstić information content (AvgIpc) is 2.40. The summed E-state index contributed by atoms with van der Waals surface area (Å²) >= 11 is 0. The Balaban J connectivity index is 2.07. The fourth-order valence-electron chi connectivity index (χ4n) is 2.75. The summed E-state index contributed by atoms with van der Waals surface area (Å²) in [6.07, 6.45) is 0.845. The summed E-state index contributed by atoms with van der Waals surface area (Å²) in [6, 6.07) is 6.12. The minimum Gasteiger partial charge on any atom is -0.313 e. The van der Waals surface area contributed by atoms with E-state index in [1.807, 2.05) is 32.0 Å². The highest BCUT2D eigenvalue weighted by Gasteiger charge is 2.26. The van der Waals surface area contributed by atoms with Crippen LogP contribution in [-0.4, -0.2) is 36.2 Å². The molecule has 0 saturated carbocycles. The zero-order chi connectivity index (χ0) is 15.6. The van der Waals surface area contributed by atoms with Crippen molar-refractivity contribution in [1.82, 2.24) is 4.90 Å². The number of aryl methyl sites for hydroxylation is 2. The molecule has 2 unspecified atom stereocenters. The maximum Gasteiger partial charge on any atom is 0.365 e. The van der Waals surface area contributed by atoms with E-state index in [0.29, 0.717) is 17.5 Å². The number of rotatable bonds is 2. The Morgan fingerprint density at radius 2 is 1.86 bits per heavy atom. The third-order valence-electron chi connectivity index (χ3n) is 4.09. The molecule has 1 aromatic rings. The van der Waals surface area contributed by atoms with Gasteiger partial charge in [0.1, 0.15) is 0 Å². The van der Waals surface area contributed by atoms with E-state index in [2.05, 4.69) is 31.0 Å². The van der Waals surface area contributed by atoms with Gasteiger partial charge in [-0.3, -0.25) is 0 Å². The Labute approximate surface area is 126 Å². The van der Waals surface area contributed by atoms with Crippen molar-refractivity contribution in [2.45, 2.75) is 40.2 Å². The Kier molecular flexibility index (Phi) is 4.78. The van der Waals surface area contributed by atoms with Crippen molar-refractivity contribution >= 4 is 11.7 Å². The third kappa shape index (κ3) is 3.91. The van der Waals surface area contributed by atoms with Crippen LogP contribution < -0.4 is 0 Å². The molecule has 1 aliphatic rings. The lowest BCUT2D eigenvalue weighted by molar-refractivity contribution is 0.0508. The van der Waals surface area contributed by atoms with Crippen LogP contribution in [0.4, 0.5) is 0 Å². The first-order valence-electron chi connectivity index (χ1n) is 7.43. The van der Waals surface area contributed by atoms with Crippen LogP contribution in [0, 0.1) is 19.8 Å². The van der Waals surface area contributed by atoms with Gasteiger partial charge in [-0.1, -0.05) is 29.3 Å². The number of nitrogens with zero attached hydrogens (tertiary/aromatic N) is 2. The molecule has 114 valence electrons. The molecule has 0 aliphatic carbocycles. The van der Waals surface area contributed by atoms with Crippen molar-refractivity contribution in [3.05, 3.63) is 34.9 Å². The molecule has 1 fully saturated rings. The summed E-state index contributed by atoms with van der Waals surface area (Å²) in [6.45, 7) is 9.16. The molecule has 0 amide bonds. The highest BCUT2D eigenvalue weighted by Crippen LogP contribution is 2.18. The van der Waals surface area contributed by atoms with E-state index in [1.165, 1.54) is 0 Å². The van der Waals surface area contributed by atoms with Crippen LogP contribution in [0.15, 0.2) is 23.4 Å². The first-order chi connectivity index (χ1) is 9.86. The van der Waals surface area contributed by atoms with Gasteiger partial charge in [0.25, 0.3) is 0 Å². The van der Waals surface area contributed by atoms with Gasteiger partial charge in [0.05, 0.1) is 11.3 Å². The van der Waals surface area contributed by atoms with Crippen LogP contribution >= 0.6 is 0 Å². The molecular weight excluding hydrogens is 264 g/mol. The van der Waals surface area contributed by atoms with Crippen LogP contribution in [-0.2, 0) is 4.84 Å². The van der Waals surface area contributed by atoms with Gasteiger partial charge in [-0.25, -0.2) is 4.79 Å². The van der Waals surface area contributed by atoms with Crippen LogP contribution in [0.2, 0.25) is 0 Å². The highest BCUT2D eigenvalue weighted by atomic mass is 16.7. The summed E-state index contributed by atoms with van der Waals surface area (Å²) < 4.78 is 0. The van der Waals surface area contributed by atoms with Crippen molar-refractivity contribution in [3.8, 4) is 0 Å². The molecule has 0 N–H and O–H groups in total. The minimum atomic E-state index is -0.381. The fraction of sp³-hybridized carbons (Fsp3) is 0.529. The van der Waals surface area contributed by atoms with Crippen molar-refractivity contribution in [2.75, 3.05) is 13.6 Å². The maximum atomic E-state index is 12.1. The largest absolute Gasteiger partial charge is 0.365 e. The molecule has 1 aliphatic heterocycles. The monoisotopic (exact) mass is 288 g/mol. The van der Waals surface area contributed by atoms with E-state index in [0.717, 1.165) is 29.8 Å². The maximum absolute atomic E-state index is 12.1. The van der Waals surface area contributed by atoms with E-state index in [1.54, 1.807) is 0 Å². The van der Waals surface area contributed by atoms with Crippen molar-refractivity contribution in [2.24, 2.45) is 11.1 Å². The second-order valence-corrected chi connectivity index (χ2v) is 6.23. The minimum absolute atomic E-state index is 0.318. The first-order valence-corrected chi connectivity index (χ1v) is 7.43. The van der Waals surface area contributed by atoms with Crippen molar-refractivity contribution in [3.63, 3.8) is 0 Å². The topological polar surface area (TPSA) is 41.9 Å². The lowest BCUT2D eigenvalue weighted by Gasteiger charge is -2.34. The molecule has 0 spiro atoms. The molecular formula is C17H24N2O2. The number of hydrogen-bond acceptors (Lipinski definition) is 4. The molecule has 21 heavy (non-hydrogen) atoms. The van der Waals surface area contributed by atoms with Crippen LogP contribution in [0.25, 0.3) is 0 Å². The normalized spacial score (nSPS) is 25.1. The number of oxime groups is 1. The van der Waals surface area contributed by atoms with E-state index in [4.69, 9.17) is 4.84 Å². The molecule has 1 aromatic carbocycles. The van der Waals surface area contributed by atoms with Gasteiger partial charge in [-0.15, -0.1) is 0 Å². The Bertz CT molecular complexity index is 546. The third-order valence-corrected chi connectivity index (χ3v) is 4.09. The summed E-state index contributed by atoms with van der Waals surface area (Å²) in [4.78, 5) is 19.6. The van der Waals surface area contributed by atoms with Gasteiger partial charge in [0.2, 0.25) is 0 Å². The number of carbonyl (C=O) groups is 1. The molecule has 0 bridgehead atoms. The quantitative estimate of drug-likeness (QED) is 0.620. The summed E-state index contributed by atoms with van der Waals surface area (Å²) in [5.41, 5.74) is 3.63. The summed E-state index contributed by atoms with van der Waals surface area (Å²) in [5, 5.41) is 4.13. The molecule has 0 radical (unpaired) electrons. The van der Waals surface area contributed by atoms with Crippen molar-refractivity contribution < 1.29 is 9.63 Å².